The number of hydrogen-bond donors (Lipinski definition) is 1. The van der Waals surface area contributed by atoms with Gasteiger partial charge in [-0.2, -0.15) is 5.26 Å². The molecule has 0 saturated heterocycles. The minimum atomic E-state index is -0.992. The number of esters is 1. The number of nitrogens with zero attached hydrogens (tertiary/aromatic N) is 1. The van der Waals surface area contributed by atoms with Crippen molar-refractivity contribution in [3.63, 3.8) is 0 Å². The molecule has 0 aliphatic heterocycles. The third-order valence-corrected chi connectivity index (χ3v) is 6.16. The molecule has 4 aromatic rings. The molecule has 0 spiro atoms. The maximum atomic E-state index is 12.9. The van der Waals surface area contributed by atoms with Crippen LogP contribution in [0.5, 0.6) is 0 Å². The standard InChI is InChI=1S/C27H20N2O3S/c1-18(26(30)29-22-15-14-19-8-2-3-9-20(19)16-22)32-27(31)23-11-5-7-13-25(23)33-24-12-6-4-10-21(24)17-28/h2-16,18H,1H3,(H,29,30)/t18-/m0/s1. The predicted octanol–water partition coefficient (Wildman–Crippen LogP) is 6.05. The van der Waals surface area contributed by atoms with Gasteiger partial charge in [0.05, 0.1) is 11.1 Å². The number of anilines is 1. The van der Waals surface area contributed by atoms with Gasteiger partial charge in [0.2, 0.25) is 0 Å². The molecule has 162 valence electrons. The van der Waals surface area contributed by atoms with E-state index in [-0.39, 0.29) is 0 Å². The van der Waals surface area contributed by atoms with Crippen molar-refractivity contribution < 1.29 is 14.3 Å². The number of benzene rings is 4. The lowest BCUT2D eigenvalue weighted by molar-refractivity contribution is -0.123. The zero-order chi connectivity index (χ0) is 23.2. The second kappa shape index (κ2) is 10.0. The van der Waals surface area contributed by atoms with E-state index in [1.165, 1.54) is 18.7 Å². The normalized spacial score (nSPS) is 11.4. The van der Waals surface area contributed by atoms with Gasteiger partial charge in [-0.05, 0) is 54.1 Å². The number of fused-ring (bicyclic) bond motifs is 1. The number of carbonyl (C=O) groups is 2. The van der Waals surface area contributed by atoms with Crippen LogP contribution >= 0.6 is 11.8 Å². The van der Waals surface area contributed by atoms with Gasteiger partial charge in [-0.1, -0.05) is 66.4 Å². The Hall–Kier alpha value is -4.08. The monoisotopic (exact) mass is 452 g/mol. The third-order valence-electron chi connectivity index (χ3n) is 5.00. The molecule has 0 heterocycles. The lowest BCUT2D eigenvalue weighted by atomic mass is 10.1. The number of amides is 1. The largest absolute Gasteiger partial charge is 0.449 e. The molecule has 1 N–H and O–H groups in total. The molecule has 4 rings (SSSR count). The Morgan fingerprint density at radius 1 is 0.879 bits per heavy atom. The van der Waals surface area contributed by atoms with Crippen LogP contribution in [-0.4, -0.2) is 18.0 Å². The first kappa shape index (κ1) is 22.1. The summed E-state index contributed by atoms with van der Waals surface area (Å²) < 4.78 is 5.46. The van der Waals surface area contributed by atoms with Crippen LogP contribution < -0.4 is 5.32 Å². The van der Waals surface area contributed by atoms with Crippen molar-refractivity contribution in [3.05, 3.63) is 102 Å². The Morgan fingerprint density at radius 3 is 2.33 bits per heavy atom. The summed E-state index contributed by atoms with van der Waals surface area (Å²) >= 11 is 1.31. The lowest BCUT2D eigenvalue weighted by Gasteiger charge is -2.15. The highest BCUT2D eigenvalue weighted by Gasteiger charge is 2.21. The SMILES string of the molecule is C[C@H](OC(=O)c1ccccc1Sc1ccccc1C#N)C(=O)Nc1ccc2ccccc2c1. The number of nitrogens with one attached hydrogen (secondary N) is 1. The zero-order valence-corrected chi connectivity index (χ0v) is 18.6. The Balaban J connectivity index is 1.46. The number of hydrogen-bond acceptors (Lipinski definition) is 5. The second-order valence-corrected chi connectivity index (χ2v) is 8.39. The first-order valence-electron chi connectivity index (χ1n) is 10.3. The summed E-state index contributed by atoms with van der Waals surface area (Å²) in [5.74, 6) is -1.02. The molecular formula is C27H20N2O3S. The molecule has 0 aromatic heterocycles. The molecule has 0 bridgehead atoms. The van der Waals surface area contributed by atoms with Crippen LogP contribution in [0, 0.1) is 11.3 Å². The quantitative estimate of drug-likeness (QED) is 0.361. The average Bonchev–Trinajstić information content (AvgIpc) is 2.84. The molecule has 6 heteroatoms. The predicted molar refractivity (Wildman–Crippen MR) is 129 cm³/mol. The Morgan fingerprint density at radius 2 is 1.55 bits per heavy atom. The number of carbonyl (C=O) groups excluding carboxylic acids is 2. The average molecular weight is 453 g/mol. The first-order chi connectivity index (χ1) is 16.0. The van der Waals surface area contributed by atoms with Gasteiger partial charge in [-0.15, -0.1) is 0 Å². The Kier molecular flexibility index (Phi) is 6.72. The highest BCUT2D eigenvalue weighted by atomic mass is 32.2. The Labute approximate surface area is 196 Å². The summed E-state index contributed by atoms with van der Waals surface area (Å²) in [4.78, 5) is 26.9. The van der Waals surface area contributed by atoms with E-state index in [1.807, 2.05) is 60.7 Å². The van der Waals surface area contributed by atoms with E-state index < -0.39 is 18.0 Å². The summed E-state index contributed by atoms with van der Waals surface area (Å²) in [6.45, 7) is 1.54. The third kappa shape index (κ3) is 5.22. The molecule has 0 fully saturated rings. The van der Waals surface area contributed by atoms with Crippen molar-refractivity contribution >= 4 is 40.1 Å². The molecule has 0 aliphatic rings. The van der Waals surface area contributed by atoms with Crippen molar-refractivity contribution in [3.8, 4) is 6.07 Å². The molecular weight excluding hydrogens is 432 g/mol. The van der Waals surface area contributed by atoms with E-state index in [1.54, 1.807) is 30.3 Å². The molecule has 4 aromatic carbocycles. The summed E-state index contributed by atoms with van der Waals surface area (Å²) in [5, 5.41) is 14.2. The van der Waals surface area contributed by atoms with Crippen LogP contribution in [-0.2, 0) is 9.53 Å². The van der Waals surface area contributed by atoms with E-state index in [0.717, 1.165) is 15.7 Å². The van der Waals surface area contributed by atoms with E-state index in [0.29, 0.717) is 21.7 Å². The van der Waals surface area contributed by atoms with E-state index in [4.69, 9.17) is 4.74 Å². The number of rotatable bonds is 6. The highest BCUT2D eigenvalue weighted by molar-refractivity contribution is 7.99. The highest BCUT2D eigenvalue weighted by Crippen LogP contribution is 2.33. The van der Waals surface area contributed by atoms with Crippen molar-refractivity contribution in [2.24, 2.45) is 0 Å². The second-order valence-electron chi connectivity index (χ2n) is 7.30. The number of nitriles is 1. The van der Waals surface area contributed by atoms with Gasteiger partial charge in [-0.3, -0.25) is 4.79 Å². The maximum absolute atomic E-state index is 12.9. The van der Waals surface area contributed by atoms with E-state index >= 15 is 0 Å². The summed E-state index contributed by atoms with van der Waals surface area (Å²) in [5.41, 5.74) is 1.49. The van der Waals surface area contributed by atoms with Gasteiger partial charge in [-0.25, -0.2) is 4.79 Å². The van der Waals surface area contributed by atoms with Crippen LogP contribution in [0.4, 0.5) is 5.69 Å². The molecule has 1 atom stereocenters. The molecule has 0 unspecified atom stereocenters. The molecule has 0 saturated carbocycles. The first-order valence-corrected chi connectivity index (χ1v) is 11.1. The molecule has 1 amide bonds. The van der Waals surface area contributed by atoms with Gasteiger partial charge < -0.3 is 10.1 Å². The molecule has 5 nitrogen and oxygen atoms in total. The lowest BCUT2D eigenvalue weighted by Crippen LogP contribution is -2.30. The topological polar surface area (TPSA) is 79.2 Å². The molecule has 33 heavy (non-hydrogen) atoms. The van der Waals surface area contributed by atoms with Crippen molar-refractivity contribution in [2.45, 2.75) is 22.8 Å². The van der Waals surface area contributed by atoms with Crippen LogP contribution in [0.15, 0.2) is 101 Å². The van der Waals surface area contributed by atoms with Crippen LogP contribution in [0.3, 0.4) is 0 Å². The fourth-order valence-electron chi connectivity index (χ4n) is 3.28. The van der Waals surface area contributed by atoms with Crippen molar-refractivity contribution in [1.29, 1.82) is 5.26 Å². The van der Waals surface area contributed by atoms with Crippen molar-refractivity contribution in [2.75, 3.05) is 5.32 Å². The minimum absolute atomic E-state index is 0.334. The van der Waals surface area contributed by atoms with E-state index in [9.17, 15) is 14.9 Å². The van der Waals surface area contributed by atoms with Crippen LogP contribution in [0.2, 0.25) is 0 Å². The summed E-state index contributed by atoms with van der Waals surface area (Å²) in [6, 6.07) is 29.8. The van der Waals surface area contributed by atoms with E-state index in [2.05, 4.69) is 11.4 Å². The summed E-state index contributed by atoms with van der Waals surface area (Å²) in [6.07, 6.45) is -0.992. The summed E-state index contributed by atoms with van der Waals surface area (Å²) in [7, 11) is 0. The molecule has 0 aliphatic carbocycles. The van der Waals surface area contributed by atoms with Gasteiger partial charge in [0.15, 0.2) is 6.10 Å². The van der Waals surface area contributed by atoms with Gasteiger partial charge >= 0.3 is 5.97 Å². The van der Waals surface area contributed by atoms with Crippen LogP contribution in [0.25, 0.3) is 10.8 Å². The van der Waals surface area contributed by atoms with Gasteiger partial charge in [0.25, 0.3) is 5.91 Å². The van der Waals surface area contributed by atoms with Gasteiger partial charge in [0.1, 0.15) is 6.07 Å². The minimum Gasteiger partial charge on any atom is -0.449 e. The zero-order valence-electron chi connectivity index (χ0n) is 17.8. The van der Waals surface area contributed by atoms with Gasteiger partial charge in [0, 0.05) is 15.5 Å². The fraction of sp³-hybridized carbons (Fsp3) is 0.0741. The van der Waals surface area contributed by atoms with Crippen LogP contribution in [0.1, 0.15) is 22.8 Å². The number of ether oxygens (including phenoxy) is 1. The molecule has 0 radical (unpaired) electrons. The maximum Gasteiger partial charge on any atom is 0.340 e. The Bertz CT molecular complexity index is 1380. The smallest absolute Gasteiger partial charge is 0.340 e. The van der Waals surface area contributed by atoms with Crippen molar-refractivity contribution in [1.82, 2.24) is 0 Å². The fourth-order valence-corrected chi connectivity index (χ4v) is 4.29.